The van der Waals surface area contributed by atoms with Crippen molar-refractivity contribution in [3.05, 3.63) is 70.8 Å². The minimum Gasteiger partial charge on any atom is -0.421 e. The summed E-state index contributed by atoms with van der Waals surface area (Å²) < 4.78 is 5.61. The molecule has 0 bridgehead atoms. The van der Waals surface area contributed by atoms with Gasteiger partial charge in [-0.1, -0.05) is 68.3 Å². The smallest absolute Gasteiger partial charge is 0.308 e. The molecule has 2 aromatic rings. The molecule has 5 nitrogen and oxygen atoms in total. The molecule has 3 rings (SSSR count). The number of hydrogen-bond donors (Lipinski definition) is 1. The maximum atomic E-state index is 12.7. The number of rotatable bonds is 6. The first-order valence-corrected chi connectivity index (χ1v) is 8.42. The van der Waals surface area contributed by atoms with E-state index in [0.717, 1.165) is 12.8 Å². The summed E-state index contributed by atoms with van der Waals surface area (Å²) in [5, 5.41) is 9.75. The molecule has 1 N–H and O–H groups in total. The van der Waals surface area contributed by atoms with Gasteiger partial charge in [0.15, 0.2) is 5.78 Å². The van der Waals surface area contributed by atoms with Crippen LogP contribution in [0.15, 0.2) is 48.5 Å². The second-order valence-electron chi connectivity index (χ2n) is 6.06. The summed E-state index contributed by atoms with van der Waals surface area (Å²) in [7, 11) is 0. The lowest BCUT2D eigenvalue weighted by Gasteiger charge is -2.36. The predicted octanol–water partition coefficient (Wildman–Crippen LogP) is 4.05. The molecule has 0 atom stereocenters. The van der Waals surface area contributed by atoms with Crippen molar-refractivity contribution in [3.63, 3.8) is 0 Å². The zero-order valence-corrected chi connectivity index (χ0v) is 14.0. The van der Waals surface area contributed by atoms with Crippen molar-refractivity contribution >= 4 is 11.8 Å². The Bertz CT molecular complexity index is 747. The van der Waals surface area contributed by atoms with Gasteiger partial charge in [0.1, 0.15) is 0 Å². The van der Waals surface area contributed by atoms with Crippen LogP contribution in [0.25, 0.3) is 0 Å². The van der Waals surface area contributed by atoms with E-state index in [2.05, 4.69) is 0 Å². The second-order valence-corrected chi connectivity index (χ2v) is 6.06. The van der Waals surface area contributed by atoms with Crippen LogP contribution in [0.4, 0.5) is 0 Å². The van der Waals surface area contributed by atoms with Crippen LogP contribution in [0, 0.1) is 0 Å². The third-order valence-corrected chi connectivity index (χ3v) is 4.42. The molecular weight excluding hydrogens is 320 g/mol. The normalized spacial score (nSPS) is 14.6. The second kappa shape index (κ2) is 7.17. The Morgan fingerprint density at radius 3 is 2.08 bits per heavy atom. The number of esters is 1. The molecule has 0 fully saturated rings. The summed E-state index contributed by atoms with van der Waals surface area (Å²) in [6.07, 6.45) is 2.80. The fourth-order valence-corrected chi connectivity index (χ4v) is 3.18. The third-order valence-electron chi connectivity index (χ3n) is 4.42. The Kier molecular flexibility index (Phi) is 4.97. The zero-order chi connectivity index (χ0) is 17.9. The van der Waals surface area contributed by atoms with E-state index in [9.17, 15) is 14.8 Å². The summed E-state index contributed by atoms with van der Waals surface area (Å²) in [6.45, 7) is 2.04. The molecule has 25 heavy (non-hydrogen) atoms. The van der Waals surface area contributed by atoms with E-state index >= 15 is 0 Å². The van der Waals surface area contributed by atoms with Crippen LogP contribution < -0.4 is 0 Å². The zero-order valence-electron chi connectivity index (χ0n) is 14.0. The Morgan fingerprint density at radius 1 is 1.00 bits per heavy atom. The van der Waals surface area contributed by atoms with Gasteiger partial charge in [-0.05, 0) is 6.42 Å². The number of unbranched alkanes of at least 4 members (excludes halogenated alkanes) is 2. The molecule has 5 heteroatoms. The molecule has 0 heterocycles. The average molecular weight is 340 g/mol. The SMILES string of the molecule is CCCCCC(=O)OC1(OO)c2ccccc2C(=O)c2ccccc21. The molecule has 130 valence electrons. The van der Waals surface area contributed by atoms with Crippen LogP contribution in [0.3, 0.4) is 0 Å². The molecule has 0 saturated carbocycles. The van der Waals surface area contributed by atoms with Gasteiger partial charge in [0.25, 0.3) is 5.79 Å². The summed E-state index contributed by atoms with van der Waals surface area (Å²) >= 11 is 0. The fourth-order valence-electron chi connectivity index (χ4n) is 3.18. The lowest BCUT2D eigenvalue weighted by Crippen LogP contribution is -2.41. The van der Waals surface area contributed by atoms with E-state index in [1.165, 1.54) is 0 Å². The molecule has 0 aliphatic heterocycles. The fraction of sp³-hybridized carbons (Fsp3) is 0.300. The highest BCUT2D eigenvalue weighted by Gasteiger charge is 2.48. The molecule has 0 saturated heterocycles. The predicted molar refractivity (Wildman–Crippen MR) is 91.0 cm³/mol. The van der Waals surface area contributed by atoms with Crippen LogP contribution >= 0.6 is 0 Å². The van der Waals surface area contributed by atoms with Crippen LogP contribution in [0.1, 0.15) is 59.7 Å². The van der Waals surface area contributed by atoms with Crippen molar-refractivity contribution in [1.82, 2.24) is 0 Å². The lowest BCUT2D eigenvalue weighted by atomic mass is 9.80. The first-order chi connectivity index (χ1) is 12.1. The third kappa shape index (κ3) is 2.97. The summed E-state index contributed by atoms with van der Waals surface area (Å²) in [5.74, 6) is -2.51. The van der Waals surface area contributed by atoms with Crippen molar-refractivity contribution in [2.45, 2.75) is 38.4 Å². The number of fused-ring (bicyclic) bond motifs is 2. The van der Waals surface area contributed by atoms with E-state index in [1.54, 1.807) is 48.5 Å². The molecular formula is C20H20O5. The highest BCUT2D eigenvalue weighted by molar-refractivity contribution is 6.13. The highest BCUT2D eigenvalue weighted by Crippen LogP contribution is 2.43. The number of carbonyl (C=O) groups excluding carboxylic acids is 2. The Balaban J connectivity index is 2.07. The van der Waals surface area contributed by atoms with Crippen molar-refractivity contribution in [1.29, 1.82) is 0 Å². The van der Waals surface area contributed by atoms with Gasteiger partial charge >= 0.3 is 5.97 Å². The number of benzene rings is 2. The van der Waals surface area contributed by atoms with Gasteiger partial charge in [0, 0.05) is 28.7 Å². The maximum Gasteiger partial charge on any atom is 0.308 e. The topological polar surface area (TPSA) is 72.8 Å². The lowest BCUT2D eigenvalue weighted by molar-refractivity contribution is -0.384. The van der Waals surface area contributed by atoms with Gasteiger partial charge in [-0.3, -0.25) is 9.59 Å². The number of ether oxygens (including phenoxy) is 1. The Labute approximate surface area is 146 Å². The minimum absolute atomic E-state index is 0.194. The largest absolute Gasteiger partial charge is 0.421 e. The minimum atomic E-state index is -1.83. The number of carbonyl (C=O) groups is 2. The van der Waals surface area contributed by atoms with Crippen LogP contribution in [-0.4, -0.2) is 17.0 Å². The van der Waals surface area contributed by atoms with E-state index in [4.69, 9.17) is 9.62 Å². The summed E-state index contributed by atoms with van der Waals surface area (Å²) in [4.78, 5) is 29.8. The first-order valence-electron chi connectivity index (χ1n) is 8.42. The van der Waals surface area contributed by atoms with Crippen molar-refractivity contribution in [2.75, 3.05) is 0 Å². The van der Waals surface area contributed by atoms with Gasteiger partial charge in [-0.2, -0.15) is 4.89 Å². The summed E-state index contributed by atoms with van der Waals surface area (Å²) in [5.41, 5.74) is 1.34. The molecule has 2 aromatic carbocycles. The van der Waals surface area contributed by atoms with Gasteiger partial charge in [0.05, 0.1) is 0 Å². The molecule has 0 radical (unpaired) electrons. The van der Waals surface area contributed by atoms with E-state index < -0.39 is 11.8 Å². The molecule has 0 amide bonds. The number of hydrogen-bond acceptors (Lipinski definition) is 5. The maximum absolute atomic E-state index is 12.7. The molecule has 0 aromatic heterocycles. The quantitative estimate of drug-likeness (QED) is 0.282. The van der Waals surface area contributed by atoms with E-state index in [0.29, 0.717) is 28.7 Å². The molecule has 0 spiro atoms. The van der Waals surface area contributed by atoms with Crippen LogP contribution in [0.5, 0.6) is 0 Å². The summed E-state index contributed by atoms with van der Waals surface area (Å²) in [6, 6.07) is 13.4. The van der Waals surface area contributed by atoms with E-state index in [-0.39, 0.29) is 12.2 Å². The highest BCUT2D eigenvalue weighted by atomic mass is 17.1. The molecule has 0 unspecified atom stereocenters. The van der Waals surface area contributed by atoms with Crippen LogP contribution in [0.2, 0.25) is 0 Å². The van der Waals surface area contributed by atoms with Gasteiger partial charge < -0.3 is 4.74 Å². The van der Waals surface area contributed by atoms with E-state index in [1.807, 2.05) is 6.92 Å². The Hall–Kier alpha value is -2.50. The monoisotopic (exact) mass is 340 g/mol. The van der Waals surface area contributed by atoms with Gasteiger partial charge in [-0.15, -0.1) is 0 Å². The van der Waals surface area contributed by atoms with Gasteiger partial charge in [-0.25, -0.2) is 5.26 Å². The standard InChI is InChI=1S/C20H20O5/c1-2-3-4-13-18(21)24-20(25-23)16-11-7-5-9-14(16)19(22)15-10-6-8-12-17(15)20/h5-12,23H,2-4,13H2,1H3. The Morgan fingerprint density at radius 2 is 1.56 bits per heavy atom. The first kappa shape index (κ1) is 17.3. The van der Waals surface area contributed by atoms with Crippen molar-refractivity contribution in [3.8, 4) is 0 Å². The van der Waals surface area contributed by atoms with Crippen molar-refractivity contribution < 1.29 is 24.5 Å². The van der Waals surface area contributed by atoms with Crippen molar-refractivity contribution in [2.24, 2.45) is 0 Å². The average Bonchev–Trinajstić information content (AvgIpc) is 2.65. The molecule has 1 aliphatic rings. The van der Waals surface area contributed by atoms with Gasteiger partial charge in [0.2, 0.25) is 0 Å². The number of ketones is 1. The van der Waals surface area contributed by atoms with Crippen LogP contribution in [-0.2, 0) is 20.2 Å². The molecule has 1 aliphatic carbocycles.